The summed E-state index contributed by atoms with van der Waals surface area (Å²) in [6, 6.07) is 19.2. The Morgan fingerprint density at radius 1 is 1.07 bits per heavy atom. The third-order valence-electron chi connectivity index (χ3n) is 5.00. The highest BCUT2D eigenvalue weighted by molar-refractivity contribution is 6.11. The number of benzene rings is 2. The molecule has 2 aromatic carbocycles. The van der Waals surface area contributed by atoms with Crippen molar-refractivity contribution in [1.82, 2.24) is 0 Å². The summed E-state index contributed by atoms with van der Waals surface area (Å²) in [6.07, 6.45) is 1.67. The quantitative estimate of drug-likeness (QED) is 0.569. The second kappa shape index (κ2) is 7.69. The average molecular weight is 384 g/mol. The fourth-order valence-electron chi connectivity index (χ4n) is 3.55. The van der Waals surface area contributed by atoms with Crippen molar-refractivity contribution in [3.05, 3.63) is 77.3 Å². The van der Waals surface area contributed by atoms with Crippen molar-refractivity contribution in [2.75, 3.05) is 18.0 Å². The first kappa shape index (κ1) is 18.6. The van der Waals surface area contributed by atoms with Gasteiger partial charge in [0.2, 0.25) is 0 Å². The number of hydrogen-bond acceptors (Lipinski definition) is 5. The minimum absolute atomic E-state index is 0.00220. The number of rotatable bonds is 5. The predicted molar refractivity (Wildman–Crippen MR) is 113 cm³/mol. The fraction of sp³-hybridized carbons (Fsp3) is 0.167. The van der Waals surface area contributed by atoms with Crippen LogP contribution in [-0.4, -0.2) is 19.1 Å². The molecule has 144 valence electrons. The number of ether oxygens (including phenoxy) is 1. The molecule has 0 saturated heterocycles. The standard InChI is InChI=1S/C24H20N2O3/c1-3-26(4-2)18-11-10-17-12-19(28-21(17)13-18)14-22-23(16-8-6-5-7-9-16)20(15-25)24(27)29-22/h5-14H,3-4H2,1-2H3/b22-14-. The predicted octanol–water partition coefficient (Wildman–Crippen LogP) is 5.15. The van der Waals surface area contributed by atoms with Crippen LogP contribution in [0.15, 0.2) is 70.3 Å². The third-order valence-corrected chi connectivity index (χ3v) is 5.00. The van der Waals surface area contributed by atoms with Crippen LogP contribution in [0.5, 0.6) is 0 Å². The number of esters is 1. The number of furan rings is 1. The van der Waals surface area contributed by atoms with Crippen LogP contribution in [-0.2, 0) is 9.53 Å². The first-order valence-electron chi connectivity index (χ1n) is 9.57. The maximum atomic E-state index is 12.2. The number of carbonyl (C=O) groups excluding carboxylic acids is 1. The molecule has 5 nitrogen and oxygen atoms in total. The fourth-order valence-corrected chi connectivity index (χ4v) is 3.55. The highest BCUT2D eigenvalue weighted by Gasteiger charge is 2.31. The minimum Gasteiger partial charge on any atom is -0.456 e. The van der Waals surface area contributed by atoms with E-state index in [1.54, 1.807) is 6.08 Å². The SMILES string of the molecule is CCN(CC)c1ccc2cc(/C=C3\OC(=O)C(C#N)=C3c3ccccc3)oc2c1. The Balaban J connectivity index is 1.77. The molecule has 1 aliphatic heterocycles. The van der Waals surface area contributed by atoms with Gasteiger partial charge in [-0.05, 0) is 37.6 Å². The van der Waals surface area contributed by atoms with E-state index in [9.17, 15) is 10.1 Å². The summed E-state index contributed by atoms with van der Waals surface area (Å²) in [5.74, 6) is 0.241. The van der Waals surface area contributed by atoms with Crippen LogP contribution in [0.3, 0.4) is 0 Å². The molecule has 4 rings (SSSR count). The van der Waals surface area contributed by atoms with E-state index in [2.05, 4.69) is 24.8 Å². The molecule has 0 fully saturated rings. The Kier molecular flexibility index (Phi) is 4.92. The Labute approximate surface area is 169 Å². The molecule has 0 N–H and O–H groups in total. The van der Waals surface area contributed by atoms with Crippen molar-refractivity contribution in [2.45, 2.75) is 13.8 Å². The number of cyclic esters (lactones) is 1. The van der Waals surface area contributed by atoms with E-state index in [0.717, 1.165) is 35.3 Å². The zero-order chi connectivity index (χ0) is 20.4. The first-order valence-corrected chi connectivity index (χ1v) is 9.57. The molecule has 2 heterocycles. The number of anilines is 1. The summed E-state index contributed by atoms with van der Waals surface area (Å²) >= 11 is 0. The van der Waals surface area contributed by atoms with E-state index < -0.39 is 5.97 Å². The van der Waals surface area contributed by atoms with E-state index in [4.69, 9.17) is 9.15 Å². The number of fused-ring (bicyclic) bond motifs is 1. The summed E-state index contributed by atoms with van der Waals surface area (Å²) < 4.78 is 11.4. The molecule has 0 spiro atoms. The molecule has 1 aliphatic rings. The molecule has 5 heteroatoms. The molecule has 0 atom stereocenters. The largest absolute Gasteiger partial charge is 0.456 e. The van der Waals surface area contributed by atoms with Crippen LogP contribution in [0.1, 0.15) is 25.2 Å². The molecule has 0 aliphatic carbocycles. The maximum absolute atomic E-state index is 12.2. The lowest BCUT2D eigenvalue weighted by molar-refractivity contribution is -0.132. The monoisotopic (exact) mass is 384 g/mol. The molecule has 0 bridgehead atoms. The Hall–Kier alpha value is -3.78. The van der Waals surface area contributed by atoms with E-state index in [-0.39, 0.29) is 5.57 Å². The normalized spacial score (nSPS) is 15.1. The maximum Gasteiger partial charge on any atom is 0.355 e. The lowest BCUT2D eigenvalue weighted by Gasteiger charge is -2.20. The van der Waals surface area contributed by atoms with Crippen LogP contribution in [0.25, 0.3) is 22.6 Å². The number of allylic oxidation sites excluding steroid dienone is 1. The van der Waals surface area contributed by atoms with Gasteiger partial charge in [-0.2, -0.15) is 5.26 Å². The van der Waals surface area contributed by atoms with Gasteiger partial charge in [0.25, 0.3) is 0 Å². The summed E-state index contributed by atoms with van der Waals surface area (Å²) in [6.45, 7) is 6.06. The van der Waals surface area contributed by atoms with Gasteiger partial charge in [0.05, 0.1) is 0 Å². The van der Waals surface area contributed by atoms with Crippen LogP contribution in [0.4, 0.5) is 5.69 Å². The lowest BCUT2D eigenvalue weighted by atomic mass is 10.00. The van der Waals surface area contributed by atoms with Crippen molar-refractivity contribution in [2.24, 2.45) is 0 Å². The zero-order valence-corrected chi connectivity index (χ0v) is 16.3. The molecule has 0 radical (unpaired) electrons. The van der Waals surface area contributed by atoms with Gasteiger partial charge < -0.3 is 14.1 Å². The summed E-state index contributed by atoms with van der Waals surface area (Å²) in [7, 11) is 0. The topological polar surface area (TPSA) is 66.5 Å². The van der Waals surface area contributed by atoms with E-state index in [1.165, 1.54) is 0 Å². The highest BCUT2D eigenvalue weighted by atomic mass is 16.5. The second-order valence-corrected chi connectivity index (χ2v) is 6.67. The molecule has 0 amide bonds. The summed E-state index contributed by atoms with van der Waals surface area (Å²) in [5.41, 5.74) is 3.10. The van der Waals surface area contributed by atoms with E-state index >= 15 is 0 Å². The molecule has 0 unspecified atom stereocenters. The summed E-state index contributed by atoms with van der Waals surface area (Å²) in [4.78, 5) is 14.4. The van der Waals surface area contributed by atoms with Crippen LogP contribution in [0.2, 0.25) is 0 Å². The van der Waals surface area contributed by atoms with Crippen LogP contribution < -0.4 is 4.90 Å². The van der Waals surface area contributed by atoms with Gasteiger partial charge in [0.15, 0.2) is 0 Å². The van der Waals surface area contributed by atoms with Crippen molar-refractivity contribution in [3.63, 3.8) is 0 Å². The van der Waals surface area contributed by atoms with Gasteiger partial charge in [0.1, 0.15) is 28.7 Å². The number of hydrogen-bond donors (Lipinski definition) is 0. The van der Waals surface area contributed by atoms with Gasteiger partial charge in [-0.3, -0.25) is 0 Å². The lowest BCUT2D eigenvalue weighted by Crippen LogP contribution is -2.21. The van der Waals surface area contributed by atoms with Crippen molar-refractivity contribution >= 4 is 34.3 Å². The minimum atomic E-state index is -0.641. The number of nitriles is 1. The average Bonchev–Trinajstić information content (AvgIpc) is 3.28. The number of carbonyl (C=O) groups is 1. The second-order valence-electron chi connectivity index (χ2n) is 6.67. The van der Waals surface area contributed by atoms with Gasteiger partial charge in [-0.15, -0.1) is 0 Å². The molecule has 0 saturated carbocycles. The van der Waals surface area contributed by atoms with Crippen LogP contribution in [0, 0.1) is 11.3 Å². The van der Waals surface area contributed by atoms with Gasteiger partial charge >= 0.3 is 5.97 Å². The smallest absolute Gasteiger partial charge is 0.355 e. The molecule has 1 aromatic heterocycles. The van der Waals surface area contributed by atoms with Crippen molar-refractivity contribution in [1.29, 1.82) is 5.26 Å². The molecule has 3 aromatic rings. The first-order chi connectivity index (χ1) is 14.1. The van der Waals surface area contributed by atoms with E-state index in [0.29, 0.717) is 17.1 Å². The Bertz CT molecular complexity index is 1180. The van der Waals surface area contributed by atoms with Crippen LogP contribution >= 0.6 is 0 Å². The zero-order valence-electron chi connectivity index (χ0n) is 16.3. The Morgan fingerprint density at radius 3 is 2.52 bits per heavy atom. The van der Waals surface area contributed by atoms with Gasteiger partial charge in [-0.25, -0.2) is 4.79 Å². The van der Waals surface area contributed by atoms with Crippen molar-refractivity contribution in [3.8, 4) is 6.07 Å². The Morgan fingerprint density at radius 2 is 1.83 bits per heavy atom. The number of nitrogens with zero attached hydrogens (tertiary/aromatic N) is 2. The molecular weight excluding hydrogens is 364 g/mol. The van der Waals surface area contributed by atoms with Gasteiger partial charge in [-0.1, -0.05) is 30.3 Å². The molecular formula is C24H20N2O3. The highest BCUT2D eigenvalue weighted by Crippen LogP contribution is 2.36. The third kappa shape index (κ3) is 3.41. The summed E-state index contributed by atoms with van der Waals surface area (Å²) in [5, 5.41) is 10.4. The van der Waals surface area contributed by atoms with E-state index in [1.807, 2.05) is 54.6 Å². The molecule has 29 heavy (non-hydrogen) atoms. The van der Waals surface area contributed by atoms with Gasteiger partial charge in [0, 0.05) is 41.9 Å². The van der Waals surface area contributed by atoms with Crippen molar-refractivity contribution < 1.29 is 13.9 Å².